The van der Waals surface area contributed by atoms with Crippen LogP contribution in [0, 0.1) is 18.8 Å². The first-order valence-corrected chi connectivity index (χ1v) is 11.0. The number of aryl methyl sites for hydroxylation is 1. The van der Waals surface area contributed by atoms with E-state index >= 15 is 0 Å². The van der Waals surface area contributed by atoms with E-state index in [4.69, 9.17) is 0 Å². The lowest BCUT2D eigenvalue weighted by Crippen LogP contribution is -2.36. The lowest BCUT2D eigenvalue weighted by Gasteiger charge is -2.27. The van der Waals surface area contributed by atoms with Crippen molar-refractivity contribution in [2.45, 2.75) is 44.4 Å². The Bertz CT molecular complexity index is 1020. The first kappa shape index (κ1) is 20.3. The standard InChI is InChI=1S/C23H26N2O2S/c1-18(2)21-10-12-23(13-11-21)28(26,27)25-16-14-20(15-17-25)7-5-9-22-8-4-6-19(3)24-22/h4,6-8,10-13,18H,14-17H2,1-3H3. The second kappa shape index (κ2) is 8.72. The molecule has 1 fully saturated rings. The van der Waals surface area contributed by atoms with Gasteiger partial charge in [0.2, 0.25) is 10.0 Å². The summed E-state index contributed by atoms with van der Waals surface area (Å²) >= 11 is 0. The van der Waals surface area contributed by atoms with Gasteiger partial charge in [0.05, 0.1) is 4.90 Å². The Balaban J connectivity index is 1.64. The summed E-state index contributed by atoms with van der Waals surface area (Å²) in [5, 5.41) is 0. The highest BCUT2D eigenvalue weighted by Gasteiger charge is 2.27. The van der Waals surface area contributed by atoms with E-state index < -0.39 is 10.0 Å². The summed E-state index contributed by atoms with van der Waals surface area (Å²) in [6.07, 6.45) is 3.32. The van der Waals surface area contributed by atoms with E-state index in [0.29, 0.717) is 36.7 Å². The second-order valence-electron chi connectivity index (χ2n) is 7.36. The molecule has 0 amide bonds. The van der Waals surface area contributed by atoms with Crippen LogP contribution in [-0.2, 0) is 10.0 Å². The lowest BCUT2D eigenvalue weighted by molar-refractivity contribution is 0.387. The molecule has 0 aliphatic carbocycles. The van der Waals surface area contributed by atoms with Crippen molar-refractivity contribution < 1.29 is 8.42 Å². The molecule has 4 nitrogen and oxygen atoms in total. The molecular weight excluding hydrogens is 368 g/mol. The molecule has 1 aromatic carbocycles. The third kappa shape index (κ3) is 4.89. The van der Waals surface area contributed by atoms with E-state index in [1.165, 1.54) is 5.57 Å². The highest BCUT2D eigenvalue weighted by molar-refractivity contribution is 7.89. The lowest BCUT2D eigenvalue weighted by atomic mass is 10.0. The van der Waals surface area contributed by atoms with Crippen molar-refractivity contribution in [2.24, 2.45) is 0 Å². The van der Waals surface area contributed by atoms with E-state index in [1.807, 2.05) is 43.3 Å². The zero-order valence-corrected chi connectivity index (χ0v) is 17.5. The molecule has 1 saturated heterocycles. The molecule has 0 spiro atoms. The van der Waals surface area contributed by atoms with Crippen LogP contribution in [0.4, 0.5) is 0 Å². The smallest absolute Gasteiger partial charge is 0.243 e. The molecule has 0 bridgehead atoms. The predicted octanol–water partition coefficient (Wildman–Crippen LogP) is 4.28. The third-order valence-electron chi connectivity index (χ3n) is 4.91. The Morgan fingerprint density at radius 3 is 2.36 bits per heavy atom. The van der Waals surface area contributed by atoms with Crippen molar-refractivity contribution >= 4 is 10.0 Å². The highest BCUT2D eigenvalue weighted by atomic mass is 32.2. The molecule has 28 heavy (non-hydrogen) atoms. The average molecular weight is 395 g/mol. The van der Waals surface area contributed by atoms with Gasteiger partial charge in [-0.2, -0.15) is 4.31 Å². The topological polar surface area (TPSA) is 50.3 Å². The van der Waals surface area contributed by atoms with Gasteiger partial charge in [-0.15, -0.1) is 0 Å². The number of sulfonamides is 1. The van der Waals surface area contributed by atoms with Gasteiger partial charge >= 0.3 is 0 Å². The van der Waals surface area contributed by atoms with E-state index in [1.54, 1.807) is 16.4 Å². The Morgan fingerprint density at radius 1 is 1.07 bits per heavy atom. The number of piperidine rings is 1. The summed E-state index contributed by atoms with van der Waals surface area (Å²) in [4.78, 5) is 4.73. The van der Waals surface area contributed by atoms with Crippen LogP contribution >= 0.6 is 0 Å². The average Bonchev–Trinajstić information content (AvgIpc) is 2.68. The van der Waals surface area contributed by atoms with Crippen LogP contribution in [0.25, 0.3) is 0 Å². The monoisotopic (exact) mass is 394 g/mol. The number of pyridine rings is 1. The molecule has 1 aliphatic heterocycles. The number of allylic oxidation sites excluding steroid dienone is 1. The highest BCUT2D eigenvalue weighted by Crippen LogP contribution is 2.24. The molecule has 0 unspecified atom stereocenters. The fourth-order valence-corrected chi connectivity index (χ4v) is 4.60. The minimum Gasteiger partial charge on any atom is -0.245 e. The van der Waals surface area contributed by atoms with E-state index in [2.05, 4.69) is 30.7 Å². The third-order valence-corrected chi connectivity index (χ3v) is 6.83. The fraction of sp³-hybridized carbons (Fsp3) is 0.348. The number of hydrogen-bond donors (Lipinski definition) is 0. The molecule has 0 atom stereocenters. The number of hydrogen-bond acceptors (Lipinski definition) is 3. The minimum absolute atomic E-state index is 0.370. The van der Waals surface area contributed by atoms with Crippen LogP contribution in [0.2, 0.25) is 0 Å². The molecule has 0 N–H and O–H groups in total. The van der Waals surface area contributed by atoms with E-state index in [-0.39, 0.29) is 0 Å². The zero-order chi connectivity index (χ0) is 20.1. The van der Waals surface area contributed by atoms with Crippen LogP contribution < -0.4 is 0 Å². The van der Waals surface area contributed by atoms with Crippen molar-refractivity contribution in [3.63, 3.8) is 0 Å². The van der Waals surface area contributed by atoms with Crippen LogP contribution in [0.15, 0.2) is 59.0 Å². The first-order chi connectivity index (χ1) is 13.4. The van der Waals surface area contributed by atoms with Gasteiger partial charge in [-0.3, -0.25) is 0 Å². The van der Waals surface area contributed by atoms with Gasteiger partial charge in [0.15, 0.2) is 0 Å². The normalized spacial score (nSPS) is 15.2. The summed E-state index contributed by atoms with van der Waals surface area (Å²) in [6.45, 7) is 7.12. The van der Waals surface area contributed by atoms with Gasteiger partial charge in [0, 0.05) is 18.8 Å². The number of nitrogens with zero attached hydrogens (tertiary/aromatic N) is 2. The number of benzene rings is 1. The second-order valence-corrected chi connectivity index (χ2v) is 9.30. The summed E-state index contributed by atoms with van der Waals surface area (Å²) < 4.78 is 27.3. The zero-order valence-electron chi connectivity index (χ0n) is 16.6. The van der Waals surface area contributed by atoms with Crippen molar-refractivity contribution in [1.82, 2.24) is 9.29 Å². The molecule has 2 aromatic rings. The van der Waals surface area contributed by atoms with Gasteiger partial charge < -0.3 is 0 Å². The van der Waals surface area contributed by atoms with Crippen molar-refractivity contribution in [1.29, 1.82) is 0 Å². The van der Waals surface area contributed by atoms with Crippen molar-refractivity contribution in [3.8, 4) is 11.8 Å². The maximum atomic E-state index is 12.9. The van der Waals surface area contributed by atoms with Crippen LogP contribution in [0.3, 0.4) is 0 Å². The summed E-state index contributed by atoms with van der Waals surface area (Å²) in [7, 11) is -3.44. The quantitative estimate of drug-likeness (QED) is 0.730. The van der Waals surface area contributed by atoms with Crippen molar-refractivity contribution in [2.75, 3.05) is 13.1 Å². The van der Waals surface area contributed by atoms with E-state index in [9.17, 15) is 8.42 Å². The van der Waals surface area contributed by atoms with E-state index in [0.717, 1.165) is 17.0 Å². The summed E-state index contributed by atoms with van der Waals surface area (Å²) in [5.74, 6) is 6.49. The molecule has 146 valence electrons. The van der Waals surface area contributed by atoms with Crippen LogP contribution in [0.5, 0.6) is 0 Å². The SMILES string of the molecule is Cc1cccc(C#CC=C2CCN(S(=O)(=O)c3ccc(C(C)C)cc3)CC2)n1. The van der Waals surface area contributed by atoms with Gasteiger partial charge in [-0.1, -0.05) is 43.5 Å². The van der Waals surface area contributed by atoms with Gasteiger partial charge in [0.1, 0.15) is 5.69 Å². The Hall–Kier alpha value is -2.42. The van der Waals surface area contributed by atoms with Crippen molar-refractivity contribution in [3.05, 3.63) is 71.1 Å². The van der Waals surface area contributed by atoms with Gasteiger partial charge in [-0.05, 0) is 67.5 Å². The minimum atomic E-state index is -3.44. The molecule has 1 aliphatic rings. The molecule has 1 aromatic heterocycles. The maximum absolute atomic E-state index is 12.9. The summed E-state index contributed by atoms with van der Waals surface area (Å²) in [6, 6.07) is 13.0. The number of aromatic nitrogens is 1. The fourth-order valence-electron chi connectivity index (χ4n) is 3.16. The van der Waals surface area contributed by atoms with Gasteiger partial charge in [-0.25, -0.2) is 13.4 Å². The summed E-state index contributed by atoms with van der Waals surface area (Å²) in [5.41, 5.74) is 4.02. The van der Waals surface area contributed by atoms with Crippen LogP contribution in [-0.4, -0.2) is 30.8 Å². The predicted molar refractivity (Wildman–Crippen MR) is 112 cm³/mol. The Morgan fingerprint density at radius 2 is 1.75 bits per heavy atom. The molecule has 0 saturated carbocycles. The number of rotatable bonds is 3. The Kier molecular flexibility index (Phi) is 6.33. The molecule has 3 rings (SSSR count). The molecule has 5 heteroatoms. The largest absolute Gasteiger partial charge is 0.245 e. The molecular formula is C23H26N2O2S. The maximum Gasteiger partial charge on any atom is 0.243 e. The van der Waals surface area contributed by atoms with Gasteiger partial charge in [0.25, 0.3) is 0 Å². The first-order valence-electron chi connectivity index (χ1n) is 9.59. The molecule has 0 radical (unpaired) electrons. The Labute approximate surface area is 168 Å². The molecule has 2 heterocycles. The van der Waals surface area contributed by atoms with Crippen LogP contribution in [0.1, 0.15) is 49.6 Å².